The molecule has 2 aliphatic rings. The molecule has 2 aliphatic heterocycles. The van der Waals surface area contributed by atoms with E-state index in [9.17, 15) is 0 Å². The summed E-state index contributed by atoms with van der Waals surface area (Å²) >= 11 is 0. The van der Waals surface area contributed by atoms with E-state index in [0.29, 0.717) is 12.8 Å². The normalized spacial score (nSPS) is 16.7. The summed E-state index contributed by atoms with van der Waals surface area (Å²) in [6, 6.07) is 10.9. The Morgan fingerprint density at radius 2 is 1.70 bits per heavy atom. The summed E-state index contributed by atoms with van der Waals surface area (Å²) in [7, 11) is 0. The molecular formula is C20H27Cl2N3O2. The molecule has 4 rings (SSSR count). The molecule has 27 heavy (non-hydrogen) atoms. The summed E-state index contributed by atoms with van der Waals surface area (Å²) < 4.78 is 10.8. The van der Waals surface area contributed by atoms with Crippen molar-refractivity contribution in [3.63, 3.8) is 0 Å². The van der Waals surface area contributed by atoms with Crippen LogP contribution < -0.4 is 9.47 Å². The average Bonchev–Trinajstić information content (AvgIpc) is 3.10. The van der Waals surface area contributed by atoms with Crippen LogP contribution in [0, 0.1) is 0 Å². The average molecular weight is 412 g/mol. The first kappa shape index (κ1) is 21.8. The fourth-order valence-electron chi connectivity index (χ4n) is 3.44. The standard InChI is InChI=1S/C20H25N3O2.2ClH/c1-15(2)23-9-7-22(8-10-23)13-16-3-5-18(21-12-16)17-4-6-19-20(11-17)25-14-24-19;;/h3-6,11-12,15H,7-10,13-14H2,1-2H3;2*1H. The number of hydrogen-bond donors (Lipinski definition) is 0. The van der Waals surface area contributed by atoms with Gasteiger partial charge in [-0.15, -0.1) is 24.8 Å². The lowest BCUT2D eigenvalue weighted by molar-refractivity contribution is 0.104. The van der Waals surface area contributed by atoms with Crippen LogP contribution in [0.4, 0.5) is 0 Å². The molecule has 0 radical (unpaired) electrons. The summed E-state index contributed by atoms with van der Waals surface area (Å²) in [6.45, 7) is 10.4. The Hall–Kier alpha value is -1.53. The molecule has 0 unspecified atom stereocenters. The smallest absolute Gasteiger partial charge is 0.231 e. The van der Waals surface area contributed by atoms with Crippen molar-refractivity contribution in [1.82, 2.24) is 14.8 Å². The molecule has 0 atom stereocenters. The molecule has 0 saturated carbocycles. The van der Waals surface area contributed by atoms with Crippen LogP contribution in [0.3, 0.4) is 0 Å². The van der Waals surface area contributed by atoms with Crippen LogP contribution in [0.1, 0.15) is 19.4 Å². The molecule has 5 nitrogen and oxygen atoms in total. The summed E-state index contributed by atoms with van der Waals surface area (Å²) in [4.78, 5) is 9.70. The van der Waals surface area contributed by atoms with Gasteiger partial charge in [-0.2, -0.15) is 0 Å². The van der Waals surface area contributed by atoms with Crippen molar-refractivity contribution in [1.29, 1.82) is 0 Å². The van der Waals surface area contributed by atoms with Crippen LogP contribution in [0.2, 0.25) is 0 Å². The quantitative estimate of drug-likeness (QED) is 0.763. The molecule has 0 N–H and O–H groups in total. The van der Waals surface area contributed by atoms with Gasteiger partial charge in [0.25, 0.3) is 0 Å². The van der Waals surface area contributed by atoms with Gasteiger partial charge < -0.3 is 9.47 Å². The lowest BCUT2D eigenvalue weighted by atomic mass is 10.1. The maximum Gasteiger partial charge on any atom is 0.231 e. The molecule has 1 fully saturated rings. The number of ether oxygens (including phenoxy) is 2. The van der Waals surface area contributed by atoms with Gasteiger partial charge in [0.15, 0.2) is 11.5 Å². The number of halogens is 2. The Morgan fingerprint density at radius 3 is 2.37 bits per heavy atom. The number of nitrogens with zero attached hydrogens (tertiary/aromatic N) is 3. The molecule has 148 valence electrons. The van der Waals surface area contributed by atoms with Gasteiger partial charge >= 0.3 is 0 Å². The molecule has 3 heterocycles. The Morgan fingerprint density at radius 1 is 0.963 bits per heavy atom. The topological polar surface area (TPSA) is 37.8 Å². The van der Waals surface area contributed by atoms with Crippen LogP contribution in [0.25, 0.3) is 11.3 Å². The van der Waals surface area contributed by atoms with E-state index in [1.54, 1.807) is 0 Å². The second kappa shape index (κ2) is 9.60. The highest BCUT2D eigenvalue weighted by atomic mass is 35.5. The molecule has 0 bridgehead atoms. The molecule has 1 saturated heterocycles. The zero-order valence-corrected chi connectivity index (χ0v) is 17.4. The molecule has 2 aromatic rings. The Kier molecular flexibility index (Phi) is 7.74. The van der Waals surface area contributed by atoms with Crippen LogP contribution in [0.5, 0.6) is 11.5 Å². The number of aromatic nitrogens is 1. The number of hydrogen-bond acceptors (Lipinski definition) is 5. The van der Waals surface area contributed by atoms with Gasteiger partial charge in [-0.3, -0.25) is 14.8 Å². The largest absolute Gasteiger partial charge is 0.454 e. The van der Waals surface area contributed by atoms with Crippen LogP contribution in [-0.2, 0) is 6.54 Å². The number of pyridine rings is 1. The van der Waals surface area contributed by atoms with Crippen molar-refractivity contribution in [2.24, 2.45) is 0 Å². The maximum absolute atomic E-state index is 5.45. The lowest BCUT2D eigenvalue weighted by Crippen LogP contribution is -2.48. The van der Waals surface area contributed by atoms with Gasteiger partial charge in [0.05, 0.1) is 5.69 Å². The predicted octanol–water partition coefficient (Wildman–Crippen LogP) is 3.85. The van der Waals surface area contributed by atoms with Crippen molar-refractivity contribution in [3.05, 3.63) is 42.1 Å². The van der Waals surface area contributed by atoms with Gasteiger partial charge in [0, 0.05) is 50.5 Å². The summed E-state index contributed by atoms with van der Waals surface area (Å²) in [6.07, 6.45) is 1.99. The van der Waals surface area contributed by atoms with Crippen molar-refractivity contribution >= 4 is 24.8 Å². The number of piperazine rings is 1. The van der Waals surface area contributed by atoms with Crippen LogP contribution >= 0.6 is 24.8 Å². The van der Waals surface area contributed by atoms with Crippen molar-refractivity contribution in [3.8, 4) is 22.8 Å². The van der Waals surface area contributed by atoms with E-state index in [2.05, 4.69) is 40.8 Å². The summed E-state index contributed by atoms with van der Waals surface area (Å²) in [5.41, 5.74) is 3.29. The summed E-state index contributed by atoms with van der Waals surface area (Å²) in [5, 5.41) is 0. The Balaban J connectivity index is 0.00000131. The zero-order chi connectivity index (χ0) is 17.2. The van der Waals surface area contributed by atoms with Crippen molar-refractivity contribution in [2.75, 3.05) is 33.0 Å². The Labute approximate surface area is 173 Å². The monoisotopic (exact) mass is 411 g/mol. The van der Waals surface area contributed by atoms with Gasteiger partial charge in [-0.25, -0.2) is 0 Å². The third kappa shape index (κ3) is 5.05. The SMILES string of the molecule is CC(C)N1CCN(Cc2ccc(-c3ccc4c(c3)OCO4)nc2)CC1.Cl.Cl. The lowest BCUT2D eigenvalue weighted by Gasteiger charge is -2.36. The highest BCUT2D eigenvalue weighted by molar-refractivity contribution is 5.85. The first-order valence-corrected chi connectivity index (χ1v) is 9.00. The van der Waals surface area contributed by atoms with Gasteiger partial charge in [-0.1, -0.05) is 6.07 Å². The van der Waals surface area contributed by atoms with Crippen LogP contribution in [-0.4, -0.2) is 53.8 Å². The first-order valence-electron chi connectivity index (χ1n) is 9.00. The molecule has 1 aromatic carbocycles. The molecule has 7 heteroatoms. The van der Waals surface area contributed by atoms with Crippen LogP contribution in [0.15, 0.2) is 36.5 Å². The van der Waals surface area contributed by atoms with E-state index in [0.717, 1.165) is 55.5 Å². The van der Waals surface area contributed by atoms with E-state index in [-0.39, 0.29) is 24.8 Å². The van der Waals surface area contributed by atoms with E-state index in [4.69, 9.17) is 9.47 Å². The molecule has 0 spiro atoms. The minimum absolute atomic E-state index is 0. The number of fused-ring (bicyclic) bond motifs is 1. The minimum atomic E-state index is 0. The minimum Gasteiger partial charge on any atom is -0.454 e. The highest BCUT2D eigenvalue weighted by Gasteiger charge is 2.19. The highest BCUT2D eigenvalue weighted by Crippen LogP contribution is 2.35. The Bertz CT molecular complexity index is 733. The van der Waals surface area contributed by atoms with E-state index >= 15 is 0 Å². The maximum atomic E-state index is 5.45. The van der Waals surface area contributed by atoms with Crippen molar-refractivity contribution in [2.45, 2.75) is 26.4 Å². The van der Waals surface area contributed by atoms with E-state index in [1.807, 2.05) is 24.4 Å². The number of benzene rings is 1. The molecule has 0 aliphatic carbocycles. The second-order valence-electron chi connectivity index (χ2n) is 7.03. The second-order valence-corrected chi connectivity index (χ2v) is 7.03. The number of rotatable bonds is 4. The van der Waals surface area contributed by atoms with Gasteiger partial charge in [-0.05, 0) is 43.7 Å². The zero-order valence-electron chi connectivity index (χ0n) is 15.8. The van der Waals surface area contributed by atoms with Crippen molar-refractivity contribution < 1.29 is 9.47 Å². The van der Waals surface area contributed by atoms with Gasteiger partial charge in [0.1, 0.15) is 0 Å². The van der Waals surface area contributed by atoms with Gasteiger partial charge in [0.2, 0.25) is 6.79 Å². The molecular weight excluding hydrogens is 385 g/mol. The fourth-order valence-corrected chi connectivity index (χ4v) is 3.44. The third-order valence-corrected chi connectivity index (χ3v) is 5.04. The third-order valence-electron chi connectivity index (χ3n) is 5.04. The molecule has 1 aromatic heterocycles. The first-order chi connectivity index (χ1) is 12.2. The van der Waals surface area contributed by atoms with E-state index < -0.39 is 0 Å². The summed E-state index contributed by atoms with van der Waals surface area (Å²) in [5.74, 6) is 1.60. The van der Waals surface area contributed by atoms with E-state index in [1.165, 1.54) is 5.56 Å². The molecule has 0 amide bonds. The fraction of sp³-hybridized carbons (Fsp3) is 0.450. The predicted molar refractivity (Wildman–Crippen MR) is 112 cm³/mol.